The van der Waals surface area contributed by atoms with Gasteiger partial charge in [-0.3, -0.25) is 0 Å². The van der Waals surface area contributed by atoms with Crippen molar-refractivity contribution in [3.63, 3.8) is 0 Å². The summed E-state index contributed by atoms with van der Waals surface area (Å²) in [5.41, 5.74) is -0.229. The van der Waals surface area contributed by atoms with Crippen LogP contribution in [-0.2, 0) is 0 Å². The van der Waals surface area contributed by atoms with Crippen LogP contribution in [-0.4, -0.2) is 35.0 Å². The summed E-state index contributed by atoms with van der Waals surface area (Å²) in [6.07, 6.45) is -2.41. The SMILES string of the molecule is CNCCC(O)C(O)c1cc(F)c(F)cc1O. The average Bonchev–Trinajstić information content (AvgIpc) is 2.29. The number of hydrogen-bond acceptors (Lipinski definition) is 4. The number of hydrogen-bond donors (Lipinski definition) is 4. The van der Waals surface area contributed by atoms with Crippen molar-refractivity contribution in [1.29, 1.82) is 0 Å². The molecule has 4 N–H and O–H groups in total. The molecule has 0 aliphatic heterocycles. The van der Waals surface area contributed by atoms with E-state index in [9.17, 15) is 24.1 Å². The van der Waals surface area contributed by atoms with Crippen molar-refractivity contribution in [3.8, 4) is 5.75 Å². The molecule has 2 atom stereocenters. The smallest absolute Gasteiger partial charge is 0.162 e. The predicted molar refractivity (Wildman–Crippen MR) is 57.5 cm³/mol. The Labute approximate surface area is 97.5 Å². The van der Waals surface area contributed by atoms with Crippen molar-refractivity contribution in [2.75, 3.05) is 13.6 Å². The Morgan fingerprint density at radius 2 is 1.82 bits per heavy atom. The molecule has 17 heavy (non-hydrogen) atoms. The van der Waals surface area contributed by atoms with Crippen molar-refractivity contribution in [2.45, 2.75) is 18.6 Å². The first-order valence-electron chi connectivity index (χ1n) is 5.16. The maximum Gasteiger partial charge on any atom is 0.162 e. The number of phenols is 1. The van der Waals surface area contributed by atoms with Gasteiger partial charge in [0.15, 0.2) is 11.6 Å². The van der Waals surface area contributed by atoms with Crippen LogP contribution >= 0.6 is 0 Å². The van der Waals surface area contributed by atoms with Gasteiger partial charge in [-0.15, -0.1) is 0 Å². The standard InChI is InChI=1S/C11H15F2NO3/c1-14-3-2-9(15)11(17)6-4-7(12)8(13)5-10(6)16/h4-5,9,11,14-17H,2-3H2,1H3. The van der Waals surface area contributed by atoms with Crippen LogP contribution in [0.5, 0.6) is 5.75 Å². The summed E-state index contributed by atoms with van der Waals surface area (Å²) in [5, 5.41) is 31.4. The molecule has 6 heteroatoms. The van der Waals surface area contributed by atoms with Gasteiger partial charge in [0.1, 0.15) is 11.9 Å². The Hall–Kier alpha value is -1.24. The molecule has 0 radical (unpaired) electrons. The molecule has 0 saturated carbocycles. The number of aromatic hydroxyl groups is 1. The molecule has 0 aliphatic rings. The van der Waals surface area contributed by atoms with E-state index < -0.39 is 29.6 Å². The third kappa shape index (κ3) is 3.36. The zero-order valence-electron chi connectivity index (χ0n) is 9.32. The summed E-state index contributed by atoms with van der Waals surface area (Å²) >= 11 is 0. The van der Waals surface area contributed by atoms with Crippen LogP contribution < -0.4 is 5.32 Å². The topological polar surface area (TPSA) is 72.7 Å². The van der Waals surface area contributed by atoms with Gasteiger partial charge in [-0.05, 0) is 26.1 Å². The normalized spacial score (nSPS) is 14.6. The molecule has 0 aromatic heterocycles. The average molecular weight is 247 g/mol. The number of halogens is 2. The van der Waals surface area contributed by atoms with E-state index in [0.717, 1.165) is 0 Å². The summed E-state index contributed by atoms with van der Waals surface area (Å²) in [6.45, 7) is 0.447. The van der Waals surface area contributed by atoms with Gasteiger partial charge < -0.3 is 20.6 Å². The molecular formula is C11H15F2NO3. The lowest BCUT2D eigenvalue weighted by Crippen LogP contribution is -2.23. The second-order valence-electron chi connectivity index (χ2n) is 3.73. The van der Waals surface area contributed by atoms with Gasteiger partial charge >= 0.3 is 0 Å². The number of nitrogens with one attached hydrogen (secondary N) is 1. The lowest BCUT2D eigenvalue weighted by atomic mass is 10.0. The molecule has 96 valence electrons. The third-order valence-corrected chi connectivity index (χ3v) is 2.44. The number of aliphatic hydroxyl groups is 2. The molecule has 0 saturated heterocycles. The lowest BCUT2D eigenvalue weighted by molar-refractivity contribution is 0.0125. The second kappa shape index (κ2) is 5.90. The molecule has 0 spiro atoms. The molecule has 0 amide bonds. The fraction of sp³-hybridized carbons (Fsp3) is 0.455. The molecule has 4 nitrogen and oxygen atoms in total. The second-order valence-corrected chi connectivity index (χ2v) is 3.73. The monoisotopic (exact) mass is 247 g/mol. The van der Waals surface area contributed by atoms with Crippen molar-refractivity contribution >= 4 is 0 Å². The van der Waals surface area contributed by atoms with E-state index >= 15 is 0 Å². The van der Waals surface area contributed by atoms with Crippen LogP contribution in [0.3, 0.4) is 0 Å². The number of rotatable bonds is 5. The molecular weight excluding hydrogens is 232 g/mol. The van der Waals surface area contributed by atoms with E-state index in [2.05, 4.69) is 5.32 Å². The summed E-state index contributed by atoms with van der Waals surface area (Å²) in [7, 11) is 1.67. The minimum atomic E-state index is -1.46. The van der Waals surface area contributed by atoms with E-state index in [1.54, 1.807) is 7.05 Å². The van der Waals surface area contributed by atoms with Gasteiger partial charge in [-0.2, -0.15) is 0 Å². The van der Waals surface area contributed by atoms with Gasteiger partial charge in [0.05, 0.1) is 6.10 Å². The Bertz CT molecular complexity index is 387. The summed E-state index contributed by atoms with van der Waals surface area (Å²) in [4.78, 5) is 0. The number of benzene rings is 1. The molecule has 2 unspecified atom stereocenters. The van der Waals surface area contributed by atoms with Gasteiger partial charge in [0.25, 0.3) is 0 Å². The van der Waals surface area contributed by atoms with E-state index in [4.69, 9.17) is 0 Å². The van der Waals surface area contributed by atoms with Gasteiger partial charge in [0.2, 0.25) is 0 Å². The number of aliphatic hydroxyl groups excluding tert-OH is 2. The van der Waals surface area contributed by atoms with E-state index in [-0.39, 0.29) is 12.0 Å². The van der Waals surface area contributed by atoms with Crippen LogP contribution in [0.25, 0.3) is 0 Å². The first kappa shape index (κ1) is 13.8. The van der Waals surface area contributed by atoms with Crippen LogP contribution in [0.2, 0.25) is 0 Å². The first-order chi connectivity index (χ1) is 7.97. The molecule has 1 aromatic carbocycles. The minimum absolute atomic E-state index is 0.218. The van der Waals surface area contributed by atoms with Crippen molar-refractivity contribution in [1.82, 2.24) is 5.32 Å². The van der Waals surface area contributed by atoms with E-state index in [1.807, 2.05) is 0 Å². The van der Waals surface area contributed by atoms with Crippen molar-refractivity contribution < 1.29 is 24.1 Å². The summed E-state index contributed by atoms with van der Waals surface area (Å²) in [5.74, 6) is -2.97. The Morgan fingerprint density at radius 3 is 2.41 bits per heavy atom. The predicted octanol–water partition coefficient (Wildman–Crippen LogP) is 0.674. The quantitative estimate of drug-likeness (QED) is 0.617. The molecule has 0 bridgehead atoms. The van der Waals surface area contributed by atoms with Crippen molar-refractivity contribution in [2.24, 2.45) is 0 Å². The van der Waals surface area contributed by atoms with Crippen LogP contribution in [0.4, 0.5) is 8.78 Å². The first-order valence-corrected chi connectivity index (χ1v) is 5.16. The largest absolute Gasteiger partial charge is 0.507 e. The van der Waals surface area contributed by atoms with E-state index in [1.165, 1.54) is 0 Å². The molecule has 0 aliphatic carbocycles. The molecule has 0 fully saturated rings. The molecule has 1 rings (SSSR count). The van der Waals surface area contributed by atoms with Crippen molar-refractivity contribution in [3.05, 3.63) is 29.3 Å². The molecule has 1 aromatic rings. The molecule has 0 heterocycles. The lowest BCUT2D eigenvalue weighted by Gasteiger charge is -2.19. The fourth-order valence-corrected chi connectivity index (χ4v) is 1.45. The zero-order valence-corrected chi connectivity index (χ0v) is 9.32. The number of phenolic OH excluding ortho intramolecular Hbond substituents is 1. The van der Waals surface area contributed by atoms with Gasteiger partial charge in [0, 0.05) is 11.6 Å². The highest BCUT2D eigenvalue weighted by Crippen LogP contribution is 2.29. The Morgan fingerprint density at radius 1 is 1.24 bits per heavy atom. The zero-order chi connectivity index (χ0) is 13.0. The van der Waals surface area contributed by atoms with Crippen LogP contribution in [0.1, 0.15) is 18.1 Å². The highest BCUT2D eigenvalue weighted by atomic mass is 19.2. The Kier molecular flexibility index (Phi) is 4.80. The van der Waals surface area contributed by atoms with E-state index in [0.29, 0.717) is 18.7 Å². The highest BCUT2D eigenvalue weighted by molar-refractivity contribution is 5.35. The maximum absolute atomic E-state index is 12.9. The van der Waals surface area contributed by atoms with Crippen LogP contribution in [0.15, 0.2) is 12.1 Å². The maximum atomic E-state index is 12.9. The highest BCUT2D eigenvalue weighted by Gasteiger charge is 2.22. The summed E-state index contributed by atoms with van der Waals surface area (Å²) in [6, 6.07) is 1.25. The third-order valence-electron chi connectivity index (χ3n) is 2.44. The van der Waals surface area contributed by atoms with Crippen LogP contribution in [0, 0.1) is 11.6 Å². The van der Waals surface area contributed by atoms with Gasteiger partial charge in [-0.1, -0.05) is 0 Å². The fourth-order valence-electron chi connectivity index (χ4n) is 1.45. The van der Waals surface area contributed by atoms with Gasteiger partial charge in [-0.25, -0.2) is 8.78 Å². The minimum Gasteiger partial charge on any atom is -0.507 e. The summed E-state index contributed by atoms with van der Waals surface area (Å²) < 4.78 is 25.7. The Balaban J connectivity index is 2.88.